The van der Waals surface area contributed by atoms with Gasteiger partial charge in [0, 0.05) is 6.54 Å². The number of nitrogens with zero attached hydrogens (tertiary/aromatic N) is 1. The van der Waals surface area contributed by atoms with Crippen molar-refractivity contribution in [1.82, 2.24) is 0 Å². The molecule has 1 aromatic rings. The molecule has 0 aromatic heterocycles. The molecule has 96 valence electrons. The van der Waals surface area contributed by atoms with Crippen LogP contribution in [0.4, 0.5) is 5.69 Å². The van der Waals surface area contributed by atoms with Crippen molar-refractivity contribution in [3.8, 4) is 0 Å². The van der Waals surface area contributed by atoms with Crippen molar-refractivity contribution in [2.75, 3.05) is 18.0 Å². The number of hydrogen-bond acceptors (Lipinski definition) is 2. The van der Waals surface area contributed by atoms with Gasteiger partial charge in [-0.25, -0.2) is 0 Å². The molecule has 1 aromatic carbocycles. The maximum atomic E-state index is 11.9. The van der Waals surface area contributed by atoms with Crippen LogP contribution < -0.4 is 10.6 Å². The van der Waals surface area contributed by atoms with Gasteiger partial charge in [-0.3, -0.25) is 4.79 Å². The van der Waals surface area contributed by atoms with Gasteiger partial charge in [-0.05, 0) is 48.4 Å². The summed E-state index contributed by atoms with van der Waals surface area (Å²) in [5.74, 6) is 0.780. The molecule has 3 rings (SSSR count). The smallest absolute Gasteiger partial charge is 0.231 e. The van der Waals surface area contributed by atoms with Crippen LogP contribution >= 0.6 is 0 Å². The normalized spacial score (nSPS) is 19.0. The predicted octanol–water partition coefficient (Wildman–Crippen LogP) is 1.66. The molecular formula is C15H20N2O. The maximum Gasteiger partial charge on any atom is 0.231 e. The lowest BCUT2D eigenvalue weighted by Crippen LogP contribution is -2.31. The number of rotatable bonds is 3. The van der Waals surface area contributed by atoms with Gasteiger partial charge in [-0.1, -0.05) is 19.1 Å². The monoisotopic (exact) mass is 244 g/mol. The van der Waals surface area contributed by atoms with Gasteiger partial charge in [-0.15, -0.1) is 0 Å². The molecule has 3 nitrogen and oxygen atoms in total. The van der Waals surface area contributed by atoms with Crippen LogP contribution in [-0.2, 0) is 24.1 Å². The van der Waals surface area contributed by atoms with Gasteiger partial charge in [-0.2, -0.15) is 0 Å². The molecule has 1 unspecified atom stereocenters. The third-order valence-electron chi connectivity index (χ3n) is 4.05. The predicted molar refractivity (Wildman–Crippen MR) is 72.7 cm³/mol. The molecule has 0 aliphatic carbocycles. The SMILES string of the molecule is CC(CN)Cc1cc2c3c(c1)CC(=O)N3CCC2. The molecule has 0 radical (unpaired) electrons. The standard InChI is InChI=1S/C15H20N2O/c1-10(9-16)5-11-6-12-3-2-4-17-14(18)8-13(7-11)15(12)17/h6-7,10H,2-5,8-9,16H2,1H3. The molecule has 0 spiro atoms. The van der Waals surface area contributed by atoms with Crippen molar-refractivity contribution in [2.45, 2.75) is 32.6 Å². The fraction of sp³-hybridized carbons (Fsp3) is 0.533. The fourth-order valence-electron chi connectivity index (χ4n) is 3.15. The highest BCUT2D eigenvalue weighted by molar-refractivity contribution is 6.02. The third kappa shape index (κ3) is 1.83. The topological polar surface area (TPSA) is 46.3 Å². The van der Waals surface area contributed by atoms with Gasteiger partial charge in [0.05, 0.1) is 12.1 Å². The second kappa shape index (κ2) is 4.39. The fourth-order valence-corrected chi connectivity index (χ4v) is 3.15. The highest BCUT2D eigenvalue weighted by Gasteiger charge is 2.32. The summed E-state index contributed by atoms with van der Waals surface area (Å²) >= 11 is 0. The number of carbonyl (C=O) groups is 1. The summed E-state index contributed by atoms with van der Waals surface area (Å²) in [6.07, 6.45) is 3.81. The summed E-state index contributed by atoms with van der Waals surface area (Å²) in [7, 11) is 0. The van der Waals surface area contributed by atoms with Gasteiger partial charge in [0.2, 0.25) is 5.91 Å². The zero-order valence-electron chi connectivity index (χ0n) is 10.9. The van der Waals surface area contributed by atoms with Crippen molar-refractivity contribution in [1.29, 1.82) is 0 Å². The molecule has 1 atom stereocenters. The molecule has 0 saturated carbocycles. The van der Waals surface area contributed by atoms with Gasteiger partial charge in [0.25, 0.3) is 0 Å². The molecule has 2 heterocycles. The first-order chi connectivity index (χ1) is 8.69. The van der Waals surface area contributed by atoms with E-state index in [0.29, 0.717) is 12.3 Å². The maximum absolute atomic E-state index is 11.9. The van der Waals surface area contributed by atoms with Crippen LogP contribution in [0.5, 0.6) is 0 Å². The first-order valence-corrected chi connectivity index (χ1v) is 6.84. The average molecular weight is 244 g/mol. The number of hydrogen-bond donors (Lipinski definition) is 1. The van der Waals surface area contributed by atoms with E-state index in [2.05, 4.69) is 19.1 Å². The number of nitrogens with two attached hydrogens (primary N) is 1. The Bertz CT molecular complexity index is 496. The number of anilines is 1. The van der Waals surface area contributed by atoms with Crippen molar-refractivity contribution >= 4 is 11.6 Å². The Balaban J connectivity index is 1.98. The summed E-state index contributed by atoms with van der Waals surface area (Å²) < 4.78 is 0. The zero-order chi connectivity index (χ0) is 12.7. The van der Waals surface area contributed by atoms with E-state index in [1.165, 1.54) is 22.4 Å². The van der Waals surface area contributed by atoms with Crippen LogP contribution in [0.25, 0.3) is 0 Å². The van der Waals surface area contributed by atoms with Gasteiger partial charge >= 0.3 is 0 Å². The summed E-state index contributed by atoms with van der Waals surface area (Å²) in [4.78, 5) is 13.9. The Morgan fingerprint density at radius 3 is 2.94 bits per heavy atom. The summed E-state index contributed by atoms with van der Waals surface area (Å²) in [6.45, 7) is 3.80. The van der Waals surface area contributed by atoms with Crippen molar-refractivity contribution in [2.24, 2.45) is 11.7 Å². The van der Waals surface area contributed by atoms with Crippen LogP contribution in [0.15, 0.2) is 12.1 Å². The summed E-state index contributed by atoms with van der Waals surface area (Å²) in [5, 5.41) is 0. The van der Waals surface area contributed by atoms with Crippen LogP contribution in [0.3, 0.4) is 0 Å². The molecule has 2 aliphatic rings. The Morgan fingerprint density at radius 1 is 1.39 bits per heavy atom. The van der Waals surface area contributed by atoms with Crippen LogP contribution in [0.1, 0.15) is 30.0 Å². The molecule has 2 N–H and O–H groups in total. The first kappa shape index (κ1) is 11.7. The zero-order valence-corrected chi connectivity index (χ0v) is 10.9. The highest BCUT2D eigenvalue weighted by atomic mass is 16.2. The molecule has 18 heavy (non-hydrogen) atoms. The van der Waals surface area contributed by atoms with Gasteiger partial charge < -0.3 is 10.6 Å². The Labute approximate surface area is 108 Å². The summed E-state index contributed by atoms with van der Waals surface area (Å²) in [6, 6.07) is 4.50. The lowest BCUT2D eigenvalue weighted by molar-refractivity contribution is -0.117. The Kier molecular flexibility index (Phi) is 2.86. The summed E-state index contributed by atoms with van der Waals surface area (Å²) in [5.41, 5.74) is 10.9. The van der Waals surface area contributed by atoms with E-state index in [1.54, 1.807) is 0 Å². The first-order valence-electron chi connectivity index (χ1n) is 6.84. The molecule has 1 amide bonds. The van der Waals surface area contributed by atoms with E-state index in [-0.39, 0.29) is 5.91 Å². The van der Waals surface area contributed by atoms with E-state index in [9.17, 15) is 4.79 Å². The van der Waals surface area contributed by atoms with E-state index >= 15 is 0 Å². The minimum absolute atomic E-state index is 0.273. The molecule has 0 saturated heterocycles. The van der Waals surface area contributed by atoms with Crippen molar-refractivity contribution in [3.05, 3.63) is 28.8 Å². The number of amides is 1. The van der Waals surface area contributed by atoms with Gasteiger partial charge in [0.15, 0.2) is 0 Å². The minimum atomic E-state index is 0.273. The highest BCUT2D eigenvalue weighted by Crippen LogP contribution is 2.37. The molecule has 0 fully saturated rings. The molecule has 0 bridgehead atoms. The average Bonchev–Trinajstić information content (AvgIpc) is 2.68. The quantitative estimate of drug-likeness (QED) is 0.879. The Hall–Kier alpha value is -1.35. The number of carbonyl (C=O) groups excluding carboxylic acids is 1. The second-order valence-corrected chi connectivity index (χ2v) is 5.63. The van der Waals surface area contributed by atoms with E-state index in [4.69, 9.17) is 5.73 Å². The Morgan fingerprint density at radius 2 is 2.17 bits per heavy atom. The van der Waals surface area contributed by atoms with E-state index < -0.39 is 0 Å². The van der Waals surface area contributed by atoms with E-state index in [0.717, 1.165) is 32.4 Å². The van der Waals surface area contributed by atoms with E-state index in [1.807, 2.05) is 4.90 Å². The van der Waals surface area contributed by atoms with Crippen LogP contribution in [0, 0.1) is 5.92 Å². The number of aryl methyl sites for hydroxylation is 1. The molecule has 2 aliphatic heterocycles. The van der Waals surface area contributed by atoms with Crippen LogP contribution in [0.2, 0.25) is 0 Å². The lowest BCUT2D eigenvalue weighted by Gasteiger charge is -2.26. The largest absolute Gasteiger partial charge is 0.330 e. The second-order valence-electron chi connectivity index (χ2n) is 5.63. The molecular weight excluding hydrogens is 224 g/mol. The third-order valence-corrected chi connectivity index (χ3v) is 4.05. The van der Waals surface area contributed by atoms with Crippen molar-refractivity contribution in [3.63, 3.8) is 0 Å². The number of benzene rings is 1. The molecule has 3 heteroatoms. The van der Waals surface area contributed by atoms with Gasteiger partial charge in [0.1, 0.15) is 0 Å². The minimum Gasteiger partial charge on any atom is -0.330 e. The van der Waals surface area contributed by atoms with Crippen LogP contribution in [-0.4, -0.2) is 19.0 Å². The van der Waals surface area contributed by atoms with Crippen molar-refractivity contribution < 1.29 is 4.79 Å². The lowest BCUT2D eigenvalue weighted by atomic mass is 9.93.